The summed E-state index contributed by atoms with van der Waals surface area (Å²) in [6.45, 7) is 0. The van der Waals surface area contributed by atoms with Gasteiger partial charge in [0.2, 0.25) is 0 Å². The lowest BCUT2D eigenvalue weighted by molar-refractivity contribution is 0.606. The maximum atomic E-state index is 12.6. The summed E-state index contributed by atoms with van der Waals surface area (Å²) < 4.78 is 34.4. The Kier molecular flexibility index (Phi) is 3.16. The standard InChI is InChI=1S/C7H5Cl2FO2S/c8-4-5-3-6(10)1-2-7(5)13(9,11)12/h1-3H,4H2. The second-order valence-electron chi connectivity index (χ2n) is 2.32. The molecule has 0 N–H and O–H groups in total. The quantitative estimate of drug-likeness (QED) is 0.590. The van der Waals surface area contributed by atoms with Crippen molar-refractivity contribution in [3.8, 4) is 0 Å². The van der Waals surface area contributed by atoms with Crippen LogP contribution in [0.1, 0.15) is 5.56 Å². The summed E-state index contributed by atoms with van der Waals surface area (Å²) in [7, 11) is 1.24. The van der Waals surface area contributed by atoms with Gasteiger partial charge >= 0.3 is 0 Å². The van der Waals surface area contributed by atoms with Crippen LogP contribution in [0, 0.1) is 5.82 Å². The van der Waals surface area contributed by atoms with E-state index in [4.69, 9.17) is 22.3 Å². The van der Waals surface area contributed by atoms with Crippen LogP contribution < -0.4 is 0 Å². The Balaban J connectivity index is 3.39. The van der Waals surface area contributed by atoms with Crippen molar-refractivity contribution in [2.75, 3.05) is 0 Å². The molecule has 1 aromatic rings. The third-order valence-corrected chi connectivity index (χ3v) is 3.14. The average molecular weight is 243 g/mol. The van der Waals surface area contributed by atoms with Crippen molar-refractivity contribution < 1.29 is 12.8 Å². The van der Waals surface area contributed by atoms with Crippen molar-refractivity contribution in [3.63, 3.8) is 0 Å². The fourth-order valence-corrected chi connectivity index (χ4v) is 2.32. The van der Waals surface area contributed by atoms with E-state index in [1.807, 2.05) is 0 Å². The summed E-state index contributed by atoms with van der Waals surface area (Å²) in [5.74, 6) is -0.640. The molecule has 0 aliphatic carbocycles. The molecular weight excluding hydrogens is 238 g/mol. The van der Waals surface area contributed by atoms with E-state index in [-0.39, 0.29) is 16.3 Å². The Morgan fingerprint density at radius 1 is 1.38 bits per heavy atom. The zero-order valence-electron chi connectivity index (χ0n) is 6.30. The van der Waals surface area contributed by atoms with Crippen molar-refractivity contribution >= 4 is 31.3 Å². The SMILES string of the molecule is O=S(=O)(Cl)c1ccc(F)cc1CCl. The number of halogens is 3. The normalized spacial score (nSPS) is 11.6. The van der Waals surface area contributed by atoms with Crippen molar-refractivity contribution in [1.29, 1.82) is 0 Å². The van der Waals surface area contributed by atoms with Gasteiger partial charge in [0.25, 0.3) is 9.05 Å². The van der Waals surface area contributed by atoms with Crippen molar-refractivity contribution in [1.82, 2.24) is 0 Å². The first-order valence-corrected chi connectivity index (χ1v) is 6.08. The molecule has 13 heavy (non-hydrogen) atoms. The lowest BCUT2D eigenvalue weighted by atomic mass is 10.2. The number of benzene rings is 1. The summed E-state index contributed by atoms with van der Waals surface area (Å²) in [5, 5.41) is 0. The Hall–Kier alpha value is -0.320. The lowest BCUT2D eigenvalue weighted by Crippen LogP contribution is -1.96. The number of alkyl halides is 1. The van der Waals surface area contributed by atoms with E-state index in [9.17, 15) is 12.8 Å². The van der Waals surface area contributed by atoms with Gasteiger partial charge in [-0.2, -0.15) is 0 Å². The number of hydrogen-bond acceptors (Lipinski definition) is 2. The van der Waals surface area contributed by atoms with Crippen LogP contribution in [0.4, 0.5) is 4.39 Å². The van der Waals surface area contributed by atoms with Crippen LogP contribution in [0.3, 0.4) is 0 Å². The first kappa shape index (κ1) is 10.8. The van der Waals surface area contributed by atoms with Gasteiger partial charge in [0.15, 0.2) is 0 Å². The molecule has 0 aliphatic rings. The number of hydrogen-bond donors (Lipinski definition) is 0. The molecule has 0 fully saturated rings. The summed E-state index contributed by atoms with van der Waals surface area (Å²) in [5.41, 5.74) is 0.164. The van der Waals surface area contributed by atoms with Gasteiger partial charge in [0.05, 0.1) is 4.90 Å². The highest BCUT2D eigenvalue weighted by molar-refractivity contribution is 8.13. The Bertz CT molecular complexity index is 417. The summed E-state index contributed by atoms with van der Waals surface area (Å²) in [6.07, 6.45) is 0. The van der Waals surface area contributed by atoms with E-state index in [0.29, 0.717) is 0 Å². The molecular formula is C7H5Cl2FO2S. The average Bonchev–Trinajstić information content (AvgIpc) is 2.01. The molecule has 1 rings (SSSR count). The maximum Gasteiger partial charge on any atom is 0.261 e. The van der Waals surface area contributed by atoms with Gasteiger partial charge < -0.3 is 0 Å². The van der Waals surface area contributed by atoms with E-state index in [2.05, 4.69) is 0 Å². The van der Waals surface area contributed by atoms with Crippen molar-refractivity contribution in [2.45, 2.75) is 10.8 Å². The molecule has 0 heterocycles. The highest BCUT2D eigenvalue weighted by Gasteiger charge is 2.15. The third-order valence-electron chi connectivity index (χ3n) is 1.43. The molecule has 0 aromatic heterocycles. The maximum absolute atomic E-state index is 12.6. The lowest BCUT2D eigenvalue weighted by Gasteiger charge is -2.02. The minimum atomic E-state index is -3.84. The first-order valence-electron chi connectivity index (χ1n) is 3.24. The van der Waals surface area contributed by atoms with Crippen molar-refractivity contribution in [2.24, 2.45) is 0 Å². The molecule has 0 amide bonds. The zero-order valence-corrected chi connectivity index (χ0v) is 8.63. The third kappa shape index (κ3) is 2.56. The topological polar surface area (TPSA) is 34.1 Å². The molecule has 0 saturated heterocycles. The molecule has 1 aromatic carbocycles. The van der Waals surface area contributed by atoms with Crippen LogP contribution in [-0.4, -0.2) is 8.42 Å². The Morgan fingerprint density at radius 3 is 2.46 bits per heavy atom. The summed E-state index contributed by atoms with van der Waals surface area (Å²) in [6, 6.07) is 3.16. The molecule has 2 nitrogen and oxygen atoms in total. The number of rotatable bonds is 2. The van der Waals surface area contributed by atoms with Gasteiger partial charge in [-0.15, -0.1) is 11.6 Å². The van der Waals surface area contributed by atoms with Crippen LogP contribution >= 0.6 is 22.3 Å². The predicted molar refractivity (Wildman–Crippen MR) is 49.0 cm³/mol. The van der Waals surface area contributed by atoms with E-state index >= 15 is 0 Å². The Labute approximate surface area is 84.7 Å². The second kappa shape index (κ2) is 3.82. The van der Waals surface area contributed by atoms with Crippen LogP contribution in [0.5, 0.6) is 0 Å². The minimum Gasteiger partial charge on any atom is -0.207 e. The monoisotopic (exact) mass is 242 g/mol. The van der Waals surface area contributed by atoms with E-state index in [0.717, 1.165) is 18.2 Å². The van der Waals surface area contributed by atoms with Crippen LogP contribution in [0.25, 0.3) is 0 Å². The molecule has 0 bridgehead atoms. The molecule has 0 aliphatic heterocycles. The first-order chi connectivity index (χ1) is 5.95. The molecule has 0 radical (unpaired) electrons. The second-order valence-corrected chi connectivity index (χ2v) is 5.13. The highest BCUT2D eigenvalue weighted by Crippen LogP contribution is 2.22. The highest BCUT2D eigenvalue weighted by atomic mass is 35.7. The van der Waals surface area contributed by atoms with Gasteiger partial charge in [0.1, 0.15) is 5.82 Å². The summed E-state index contributed by atoms with van der Waals surface area (Å²) >= 11 is 5.42. The van der Waals surface area contributed by atoms with E-state index in [1.54, 1.807) is 0 Å². The fraction of sp³-hybridized carbons (Fsp3) is 0.143. The van der Waals surface area contributed by atoms with Gasteiger partial charge in [-0.25, -0.2) is 12.8 Å². The molecule has 0 atom stereocenters. The van der Waals surface area contributed by atoms with Crippen LogP contribution in [-0.2, 0) is 14.9 Å². The largest absolute Gasteiger partial charge is 0.261 e. The van der Waals surface area contributed by atoms with Gasteiger partial charge in [-0.3, -0.25) is 0 Å². The van der Waals surface area contributed by atoms with Gasteiger partial charge in [-0.05, 0) is 23.8 Å². The smallest absolute Gasteiger partial charge is 0.207 e. The molecule has 0 spiro atoms. The predicted octanol–water partition coefficient (Wildman–Crippen LogP) is 2.49. The van der Waals surface area contributed by atoms with E-state index < -0.39 is 14.9 Å². The van der Waals surface area contributed by atoms with Crippen LogP contribution in [0.2, 0.25) is 0 Å². The van der Waals surface area contributed by atoms with Crippen LogP contribution in [0.15, 0.2) is 23.1 Å². The molecule has 0 saturated carbocycles. The Morgan fingerprint density at radius 2 is 2.00 bits per heavy atom. The summed E-state index contributed by atoms with van der Waals surface area (Å²) in [4.78, 5) is -0.148. The van der Waals surface area contributed by atoms with Crippen molar-refractivity contribution in [3.05, 3.63) is 29.6 Å². The minimum absolute atomic E-state index is 0.0982. The zero-order chi connectivity index (χ0) is 10.1. The van der Waals surface area contributed by atoms with E-state index in [1.165, 1.54) is 0 Å². The molecule has 0 unspecified atom stereocenters. The van der Waals surface area contributed by atoms with Gasteiger partial charge in [-0.1, -0.05) is 0 Å². The fourth-order valence-electron chi connectivity index (χ4n) is 0.890. The van der Waals surface area contributed by atoms with Gasteiger partial charge in [0, 0.05) is 16.6 Å². The molecule has 72 valence electrons. The molecule has 6 heteroatoms.